The van der Waals surface area contributed by atoms with Crippen molar-refractivity contribution in [3.8, 4) is 5.69 Å². The molecule has 1 fully saturated rings. The van der Waals surface area contributed by atoms with Gasteiger partial charge in [0.1, 0.15) is 5.82 Å². The second kappa shape index (κ2) is 9.04. The number of hydrogen-bond donors (Lipinski definition) is 1. The summed E-state index contributed by atoms with van der Waals surface area (Å²) in [5.41, 5.74) is 1.92. The summed E-state index contributed by atoms with van der Waals surface area (Å²) in [6.45, 7) is 4.62. The number of nitrogens with zero attached hydrogens (tertiary/aromatic N) is 3. The molecular formula is C20H27FN4O3S. The Labute approximate surface area is 171 Å². The van der Waals surface area contributed by atoms with Crippen LogP contribution in [0.1, 0.15) is 49.2 Å². The minimum atomic E-state index is -3.20. The molecule has 0 bridgehead atoms. The first-order valence-electron chi connectivity index (χ1n) is 9.97. The maximum Gasteiger partial charge on any atom is 0.254 e. The Balaban J connectivity index is 1.67. The monoisotopic (exact) mass is 422 g/mol. The topological polar surface area (TPSA) is 84.3 Å². The van der Waals surface area contributed by atoms with Gasteiger partial charge in [0, 0.05) is 19.1 Å². The zero-order valence-corrected chi connectivity index (χ0v) is 17.6. The van der Waals surface area contributed by atoms with Crippen LogP contribution in [0, 0.1) is 5.82 Å². The van der Waals surface area contributed by atoms with Crippen molar-refractivity contribution >= 4 is 15.9 Å². The maximum atomic E-state index is 13.2. The number of piperidine rings is 1. The molecule has 158 valence electrons. The molecular weight excluding hydrogens is 395 g/mol. The second-order valence-electron chi connectivity index (χ2n) is 7.21. The van der Waals surface area contributed by atoms with Crippen molar-refractivity contribution < 1.29 is 17.6 Å². The number of sulfonamides is 1. The molecule has 7 nitrogen and oxygen atoms in total. The van der Waals surface area contributed by atoms with Gasteiger partial charge in [0.05, 0.1) is 28.9 Å². The van der Waals surface area contributed by atoms with Gasteiger partial charge in [0.25, 0.3) is 5.91 Å². The third-order valence-corrected chi connectivity index (χ3v) is 7.24. The number of aromatic nitrogens is 2. The molecule has 3 rings (SSSR count). The van der Waals surface area contributed by atoms with Crippen LogP contribution in [-0.4, -0.2) is 53.3 Å². The van der Waals surface area contributed by atoms with E-state index in [0.29, 0.717) is 50.0 Å². The molecule has 2 heterocycles. The Morgan fingerprint density at radius 2 is 1.86 bits per heavy atom. The standard InChI is InChI=1S/C20H27FN4O3S/c1-3-13-29(27,28)24-11-9-16(10-12-24)23-20(26)18-14-22-25(19(18)4-2)17-7-5-15(21)6-8-17/h5-8,14,16H,3-4,9-13H2,1-2H3,(H,23,26). The Hall–Kier alpha value is -2.26. The van der Waals surface area contributed by atoms with E-state index in [0.717, 1.165) is 5.69 Å². The van der Waals surface area contributed by atoms with Crippen molar-refractivity contribution in [2.75, 3.05) is 18.8 Å². The van der Waals surface area contributed by atoms with Gasteiger partial charge in [0.15, 0.2) is 0 Å². The van der Waals surface area contributed by atoms with Crippen LogP contribution < -0.4 is 5.32 Å². The summed E-state index contributed by atoms with van der Waals surface area (Å²) in [6, 6.07) is 5.88. The van der Waals surface area contributed by atoms with Crippen molar-refractivity contribution in [3.05, 3.63) is 47.5 Å². The van der Waals surface area contributed by atoms with Crippen LogP contribution in [0.2, 0.25) is 0 Å². The highest BCUT2D eigenvalue weighted by atomic mass is 32.2. The molecule has 1 N–H and O–H groups in total. The molecule has 9 heteroatoms. The van der Waals surface area contributed by atoms with Gasteiger partial charge in [-0.05, 0) is 49.9 Å². The van der Waals surface area contributed by atoms with E-state index in [4.69, 9.17) is 0 Å². The highest BCUT2D eigenvalue weighted by Gasteiger charge is 2.29. The predicted molar refractivity (Wildman–Crippen MR) is 109 cm³/mol. The quantitative estimate of drug-likeness (QED) is 0.743. The number of nitrogens with one attached hydrogen (secondary N) is 1. The Morgan fingerprint density at radius 1 is 1.21 bits per heavy atom. The molecule has 1 aromatic carbocycles. The lowest BCUT2D eigenvalue weighted by molar-refractivity contribution is 0.0923. The fourth-order valence-corrected chi connectivity index (χ4v) is 5.18. The first-order chi connectivity index (χ1) is 13.9. The molecule has 0 aliphatic carbocycles. The molecule has 2 aromatic rings. The van der Waals surface area contributed by atoms with Crippen molar-refractivity contribution in [3.63, 3.8) is 0 Å². The average molecular weight is 423 g/mol. The first kappa shape index (κ1) is 21.4. The lowest BCUT2D eigenvalue weighted by Gasteiger charge is -2.31. The van der Waals surface area contributed by atoms with Crippen LogP contribution in [0.3, 0.4) is 0 Å². The fraction of sp³-hybridized carbons (Fsp3) is 0.500. The minimum absolute atomic E-state index is 0.0746. The molecule has 1 saturated heterocycles. The Bertz CT molecular complexity index is 949. The zero-order chi connectivity index (χ0) is 21.0. The molecule has 1 aromatic heterocycles. The summed E-state index contributed by atoms with van der Waals surface area (Å²) in [5, 5.41) is 7.33. The van der Waals surface area contributed by atoms with E-state index in [-0.39, 0.29) is 23.5 Å². The average Bonchev–Trinajstić information content (AvgIpc) is 3.13. The van der Waals surface area contributed by atoms with Gasteiger partial charge in [-0.25, -0.2) is 21.8 Å². The number of amides is 1. The van der Waals surface area contributed by atoms with Crippen LogP contribution in [0.4, 0.5) is 4.39 Å². The smallest absolute Gasteiger partial charge is 0.254 e. The summed E-state index contributed by atoms with van der Waals surface area (Å²) in [4.78, 5) is 12.8. The fourth-order valence-electron chi connectivity index (χ4n) is 3.64. The van der Waals surface area contributed by atoms with E-state index in [2.05, 4.69) is 10.4 Å². The zero-order valence-electron chi connectivity index (χ0n) is 16.8. The molecule has 1 aliphatic rings. The van der Waals surface area contributed by atoms with E-state index in [9.17, 15) is 17.6 Å². The number of halogens is 1. The van der Waals surface area contributed by atoms with Gasteiger partial charge in [-0.1, -0.05) is 13.8 Å². The number of carbonyl (C=O) groups is 1. The van der Waals surface area contributed by atoms with Crippen LogP contribution in [0.15, 0.2) is 30.5 Å². The van der Waals surface area contributed by atoms with E-state index in [1.54, 1.807) is 16.8 Å². The SMILES string of the molecule is CCCS(=O)(=O)N1CCC(NC(=O)c2cnn(-c3ccc(F)cc3)c2CC)CC1. The van der Waals surface area contributed by atoms with Gasteiger partial charge < -0.3 is 5.32 Å². The van der Waals surface area contributed by atoms with Crippen molar-refractivity contribution in [2.45, 2.75) is 45.6 Å². The van der Waals surface area contributed by atoms with Crippen LogP contribution >= 0.6 is 0 Å². The summed E-state index contributed by atoms with van der Waals surface area (Å²) >= 11 is 0. The second-order valence-corrected chi connectivity index (χ2v) is 9.30. The number of benzene rings is 1. The van der Waals surface area contributed by atoms with Crippen molar-refractivity contribution in [1.29, 1.82) is 0 Å². The molecule has 1 amide bonds. The summed E-state index contributed by atoms with van der Waals surface area (Å²) in [5.74, 6) is -0.388. The Morgan fingerprint density at radius 3 is 2.45 bits per heavy atom. The van der Waals surface area contributed by atoms with Gasteiger partial charge in [0.2, 0.25) is 10.0 Å². The van der Waals surface area contributed by atoms with Gasteiger partial charge in [-0.3, -0.25) is 4.79 Å². The van der Waals surface area contributed by atoms with Gasteiger partial charge >= 0.3 is 0 Å². The molecule has 0 saturated carbocycles. The van der Waals surface area contributed by atoms with Crippen LogP contribution in [0.25, 0.3) is 5.69 Å². The lowest BCUT2D eigenvalue weighted by Crippen LogP contribution is -2.47. The van der Waals surface area contributed by atoms with E-state index < -0.39 is 10.0 Å². The van der Waals surface area contributed by atoms with Crippen LogP contribution in [0.5, 0.6) is 0 Å². The normalized spacial score (nSPS) is 16.1. The minimum Gasteiger partial charge on any atom is -0.349 e. The van der Waals surface area contributed by atoms with E-state index in [1.807, 2.05) is 13.8 Å². The van der Waals surface area contributed by atoms with E-state index >= 15 is 0 Å². The van der Waals surface area contributed by atoms with Crippen molar-refractivity contribution in [2.24, 2.45) is 0 Å². The predicted octanol–water partition coefficient (Wildman–Crippen LogP) is 2.51. The first-order valence-corrected chi connectivity index (χ1v) is 11.6. The third kappa shape index (κ3) is 4.84. The van der Waals surface area contributed by atoms with Gasteiger partial charge in [-0.15, -0.1) is 0 Å². The third-order valence-electron chi connectivity index (χ3n) is 5.16. The van der Waals surface area contributed by atoms with Crippen LogP contribution in [-0.2, 0) is 16.4 Å². The summed E-state index contributed by atoms with van der Waals surface area (Å²) in [6.07, 6.45) is 3.88. The van der Waals surface area contributed by atoms with Gasteiger partial charge in [-0.2, -0.15) is 5.10 Å². The molecule has 0 spiro atoms. The molecule has 29 heavy (non-hydrogen) atoms. The molecule has 0 atom stereocenters. The highest BCUT2D eigenvalue weighted by molar-refractivity contribution is 7.89. The number of rotatable bonds is 7. The largest absolute Gasteiger partial charge is 0.349 e. The molecule has 0 radical (unpaired) electrons. The molecule has 0 unspecified atom stereocenters. The number of carbonyl (C=O) groups excluding carboxylic acids is 1. The van der Waals surface area contributed by atoms with Crippen molar-refractivity contribution in [1.82, 2.24) is 19.4 Å². The Kier molecular flexibility index (Phi) is 6.69. The number of hydrogen-bond acceptors (Lipinski definition) is 4. The maximum absolute atomic E-state index is 13.2. The van der Waals surface area contributed by atoms with E-state index in [1.165, 1.54) is 22.6 Å². The summed E-state index contributed by atoms with van der Waals surface area (Å²) in [7, 11) is -3.20. The summed E-state index contributed by atoms with van der Waals surface area (Å²) < 4.78 is 40.7. The highest BCUT2D eigenvalue weighted by Crippen LogP contribution is 2.19. The lowest BCUT2D eigenvalue weighted by atomic mass is 10.1. The molecule has 1 aliphatic heterocycles.